The molecule has 0 atom stereocenters. The molecule has 0 aromatic heterocycles. The Morgan fingerprint density at radius 1 is 1.03 bits per heavy atom. The van der Waals surface area contributed by atoms with E-state index in [1.54, 1.807) is 19.2 Å². The number of nitrogens with one attached hydrogen (secondary N) is 2. The van der Waals surface area contributed by atoms with Crippen molar-refractivity contribution < 1.29 is 23.0 Å². The number of nitrogens with zero attached hydrogens (tertiary/aromatic N) is 1. The summed E-state index contributed by atoms with van der Waals surface area (Å²) in [7, 11) is 3.10. The van der Waals surface area contributed by atoms with Crippen LogP contribution in [0.4, 0.5) is 8.78 Å². The Morgan fingerprint density at radius 2 is 1.69 bits per heavy atom. The topological polar surface area (TPSA) is 64.1 Å². The van der Waals surface area contributed by atoms with E-state index in [1.807, 2.05) is 31.2 Å². The first-order chi connectivity index (χ1) is 13.6. The number of rotatable bonds is 9. The molecule has 0 unspecified atom stereocenters. The van der Waals surface area contributed by atoms with E-state index in [9.17, 15) is 8.78 Å². The van der Waals surface area contributed by atoms with E-state index in [0.717, 1.165) is 11.3 Å². The fourth-order valence-corrected chi connectivity index (χ4v) is 2.54. The minimum atomic E-state index is -2.92. The first-order valence-electron chi connectivity index (χ1n) is 8.84. The molecule has 0 bridgehead atoms. The van der Waals surface area contributed by atoms with Crippen LogP contribution in [-0.2, 0) is 13.1 Å². The molecular formula is C20H26F2IN3O3. The largest absolute Gasteiger partial charge is 0.497 e. The highest BCUT2D eigenvalue weighted by Gasteiger charge is 2.12. The lowest BCUT2D eigenvalue weighted by molar-refractivity contribution is -0.0505. The molecule has 29 heavy (non-hydrogen) atoms. The Morgan fingerprint density at radius 3 is 2.28 bits per heavy atom. The number of para-hydroxylation sites is 1. The van der Waals surface area contributed by atoms with Crippen molar-refractivity contribution in [1.29, 1.82) is 0 Å². The molecule has 0 aliphatic rings. The van der Waals surface area contributed by atoms with Crippen molar-refractivity contribution >= 4 is 29.9 Å². The van der Waals surface area contributed by atoms with Gasteiger partial charge in [-0.25, -0.2) is 0 Å². The monoisotopic (exact) mass is 521 g/mol. The van der Waals surface area contributed by atoms with E-state index in [-0.39, 0.29) is 36.3 Å². The standard InChI is InChI=1S/C20H25F2N3O3.HI/c1-4-27-17-8-6-5-7-14(17)12-24-20(23-2)25-13-15-9-10-16(26-3)11-18(15)28-19(21)22;/h5-11,19H,4,12-13H2,1-3H3,(H2,23,24,25);1H. The first kappa shape index (κ1) is 24.7. The van der Waals surface area contributed by atoms with E-state index in [4.69, 9.17) is 9.47 Å². The highest BCUT2D eigenvalue weighted by Crippen LogP contribution is 2.26. The smallest absolute Gasteiger partial charge is 0.387 e. The second kappa shape index (κ2) is 13.0. The zero-order valence-electron chi connectivity index (χ0n) is 16.6. The van der Waals surface area contributed by atoms with Crippen molar-refractivity contribution in [1.82, 2.24) is 10.6 Å². The summed E-state index contributed by atoms with van der Waals surface area (Å²) in [4.78, 5) is 4.16. The summed E-state index contributed by atoms with van der Waals surface area (Å²) in [6, 6.07) is 12.5. The lowest BCUT2D eigenvalue weighted by Crippen LogP contribution is -2.36. The molecule has 160 valence electrons. The second-order valence-corrected chi connectivity index (χ2v) is 5.67. The Bertz CT molecular complexity index is 791. The van der Waals surface area contributed by atoms with E-state index >= 15 is 0 Å². The van der Waals surface area contributed by atoms with Gasteiger partial charge in [-0.1, -0.05) is 18.2 Å². The zero-order chi connectivity index (χ0) is 20.4. The highest BCUT2D eigenvalue weighted by atomic mass is 127. The normalized spacial score (nSPS) is 10.9. The molecule has 0 fully saturated rings. The number of halogens is 3. The van der Waals surface area contributed by atoms with Crippen LogP contribution < -0.4 is 24.8 Å². The van der Waals surface area contributed by atoms with Gasteiger partial charge in [0, 0.05) is 37.3 Å². The lowest BCUT2D eigenvalue weighted by Gasteiger charge is -2.16. The van der Waals surface area contributed by atoms with Crippen molar-refractivity contribution in [3.05, 3.63) is 53.6 Å². The summed E-state index contributed by atoms with van der Waals surface area (Å²) in [5, 5.41) is 6.27. The average molecular weight is 521 g/mol. The Balaban J connectivity index is 0.00000420. The number of aliphatic imine (C=N–C) groups is 1. The maximum atomic E-state index is 12.7. The van der Waals surface area contributed by atoms with Gasteiger partial charge in [0.15, 0.2) is 5.96 Å². The van der Waals surface area contributed by atoms with Crippen LogP contribution in [0.1, 0.15) is 18.1 Å². The number of ether oxygens (including phenoxy) is 3. The fourth-order valence-electron chi connectivity index (χ4n) is 2.54. The lowest BCUT2D eigenvalue weighted by atomic mass is 10.2. The summed E-state index contributed by atoms with van der Waals surface area (Å²) in [6.45, 7) is 0.336. The Labute approximate surface area is 186 Å². The molecule has 0 aliphatic heterocycles. The minimum Gasteiger partial charge on any atom is -0.497 e. The van der Waals surface area contributed by atoms with E-state index in [0.29, 0.717) is 30.4 Å². The minimum absolute atomic E-state index is 0. The van der Waals surface area contributed by atoms with Gasteiger partial charge in [0.1, 0.15) is 17.2 Å². The molecule has 0 saturated heterocycles. The summed E-state index contributed by atoms with van der Waals surface area (Å²) in [6.07, 6.45) is 0. The maximum absolute atomic E-state index is 12.7. The van der Waals surface area contributed by atoms with E-state index in [1.165, 1.54) is 13.2 Å². The highest BCUT2D eigenvalue weighted by molar-refractivity contribution is 14.0. The van der Waals surface area contributed by atoms with Crippen LogP contribution in [0.25, 0.3) is 0 Å². The molecule has 0 saturated carbocycles. The number of alkyl halides is 2. The molecule has 0 heterocycles. The third-order valence-corrected chi connectivity index (χ3v) is 3.88. The molecule has 0 amide bonds. The number of hydrogen-bond donors (Lipinski definition) is 2. The summed E-state index contributed by atoms with van der Waals surface area (Å²) in [5.41, 5.74) is 1.54. The zero-order valence-corrected chi connectivity index (χ0v) is 18.9. The van der Waals surface area contributed by atoms with Gasteiger partial charge in [0.25, 0.3) is 0 Å². The molecular weight excluding hydrogens is 495 g/mol. The van der Waals surface area contributed by atoms with Gasteiger partial charge in [-0.2, -0.15) is 8.78 Å². The molecule has 2 N–H and O–H groups in total. The van der Waals surface area contributed by atoms with Crippen molar-refractivity contribution in [2.24, 2.45) is 4.99 Å². The third-order valence-electron chi connectivity index (χ3n) is 3.88. The van der Waals surface area contributed by atoms with Crippen LogP contribution in [0.5, 0.6) is 17.2 Å². The molecule has 2 rings (SSSR count). The van der Waals surface area contributed by atoms with Crippen LogP contribution in [0, 0.1) is 0 Å². The summed E-state index contributed by atoms with van der Waals surface area (Å²) >= 11 is 0. The molecule has 0 radical (unpaired) electrons. The molecule has 2 aromatic carbocycles. The maximum Gasteiger partial charge on any atom is 0.387 e. The van der Waals surface area contributed by atoms with Gasteiger partial charge in [0.05, 0.1) is 13.7 Å². The SMILES string of the molecule is CCOc1ccccc1CNC(=NC)NCc1ccc(OC)cc1OC(F)F.I. The van der Waals surface area contributed by atoms with Gasteiger partial charge in [-0.05, 0) is 25.1 Å². The van der Waals surface area contributed by atoms with Crippen LogP contribution >= 0.6 is 24.0 Å². The van der Waals surface area contributed by atoms with Gasteiger partial charge >= 0.3 is 6.61 Å². The van der Waals surface area contributed by atoms with Crippen LogP contribution in [0.3, 0.4) is 0 Å². The van der Waals surface area contributed by atoms with Gasteiger partial charge < -0.3 is 24.8 Å². The molecule has 2 aromatic rings. The van der Waals surface area contributed by atoms with E-state index < -0.39 is 6.61 Å². The second-order valence-electron chi connectivity index (χ2n) is 5.67. The predicted molar refractivity (Wildman–Crippen MR) is 120 cm³/mol. The van der Waals surface area contributed by atoms with Crippen molar-refractivity contribution in [2.75, 3.05) is 20.8 Å². The van der Waals surface area contributed by atoms with E-state index in [2.05, 4.69) is 20.4 Å². The van der Waals surface area contributed by atoms with Crippen LogP contribution in [-0.4, -0.2) is 33.3 Å². The van der Waals surface area contributed by atoms with Crippen LogP contribution in [0.15, 0.2) is 47.5 Å². The molecule has 6 nitrogen and oxygen atoms in total. The molecule has 9 heteroatoms. The summed E-state index contributed by atoms with van der Waals surface area (Å²) in [5.74, 6) is 1.81. The average Bonchev–Trinajstić information content (AvgIpc) is 2.69. The van der Waals surface area contributed by atoms with Gasteiger partial charge in [-0.15, -0.1) is 24.0 Å². The first-order valence-corrected chi connectivity index (χ1v) is 8.84. The predicted octanol–water partition coefficient (Wildman–Crippen LogP) is 4.18. The van der Waals surface area contributed by atoms with Gasteiger partial charge in [-0.3, -0.25) is 4.99 Å². The summed E-state index contributed by atoms with van der Waals surface area (Å²) < 4.78 is 40.6. The Hall–Kier alpha value is -2.30. The third kappa shape index (κ3) is 7.92. The number of methoxy groups -OCH3 is 1. The van der Waals surface area contributed by atoms with Crippen molar-refractivity contribution in [3.63, 3.8) is 0 Å². The van der Waals surface area contributed by atoms with Crippen molar-refractivity contribution in [3.8, 4) is 17.2 Å². The van der Waals surface area contributed by atoms with Crippen LogP contribution in [0.2, 0.25) is 0 Å². The quantitative estimate of drug-likeness (QED) is 0.295. The number of benzene rings is 2. The molecule has 0 aliphatic carbocycles. The number of hydrogen-bond acceptors (Lipinski definition) is 4. The Kier molecular flexibility index (Phi) is 11.1. The number of guanidine groups is 1. The van der Waals surface area contributed by atoms with Gasteiger partial charge in [0.2, 0.25) is 0 Å². The fraction of sp³-hybridized carbons (Fsp3) is 0.350. The van der Waals surface area contributed by atoms with Crippen molar-refractivity contribution in [2.45, 2.75) is 26.6 Å². The molecule has 0 spiro atoms.